The molecule has 214 valence electrons. The normalized spacial score (nSPS) is 10.8. The van der Waals surface area contributed by atoms with Gasteiger partial charge in [0.25, 0.3) is 0 Å². The molecule has 0 radical (unpaired) electrons. The fourth-order valence-electron chi connectivity index (χ4n) is 4.47. The van der Waals surface area contributed by atoms with E-state index in [0.717, 1.165) is 5.56 Å². The number of aromatic carboxylic acids is 1. The summed E-state index contributed by atoms with van der Waals surface area (Å²) in [6.45, 7) is 4.33. The molecule has 6 nitrogen and oxygen atoms in total. The van der Waals surface area contributed by atoms with Crippen molar-refractivity contribution in [2.24, 2.45) is 0 Å². The predicted octanol–water partition coefficient (Wildman–Crippen LogP) is 8.19. The van der Waals surface area contributed by atoms with Crippen LogP contribution in [-0.2, 0) is 12.8 Å². The minimum Gasteiger partial charge on any atom is -0.507 e. The fourth-order valence-corrected chi connectivity index (χ4v) is 4.47. The lowest BCUT2D eigenvalue weighted by Gasteiger charge is -2.18. The molecule has 0 unspecified atom stereocenters. The average molecular weight is 563 g/mol. The molecule has 0 aliphatic carbocycles. The van der Waals surface area contributed by atoms with Gasteiger partial charge < -0.3 is 24.4 Å². The number of para-hydroxylation sites is 1. The highest BCUT2D eigenvalue weighted by atomic mass is 19.1. The Hall–Kier alpha value is -4.59. The van der Waals surface area contributed by atoms with Crippen molar-refractivity contribution in [3.8, 4) is 39.9 Å². The third-order valence-electron chi connectivity index (χ3n) is 6.51. The topological polar surface area (TPSA) is 85.2 Å². The van der Waals surface area contributed by atoms with Crippen LogP contribution in [0.5, 0.6) is 28.7 Å². The van der Waals surface area contributed by atoms with E-state index in [1.165, 1.54) is 30.3 Å². The van der Waals surface area contributed by atoms with Crippen LogP contribution in [-0.4, -0.2) is 29.4 Å². The lowest BCUT2D eigenvalue weighted by molar-refractivity contribution is 0.0694. The van der Waals surface area contributed by atoms with Crippen molar-refractivity contribution < 1.29 is 38.0 Å². The Balaban J connectivity index is 1.43. The van der Waals surface area contributed by atoms with E-state index in [9.17, 15) is 23.8 Å². The number of ether oxygens (including phenoxy) is 3. The lowest BCUT2D eigenvalue weighted by atomic mass is 10.00. The van der Waals surface area contributed by atoms with Crippen molar-refractivity contribution in [2.45, 2.75) is 39.5 Å². The second-order valence-electron chi connectivity index (χ2n) is 9.39. The van der Waals surface area contributed by atoms with Crippen LogP contribution in [0.2, 0.25) is 0 Å². The van der Waals surface area contributed by atoms with Gasteiger partial charge in [0.15, 0.2) is 11.6 Å². The second-order valence-corrected chi connectivity index (χ2v) is 9.39. The summed E-state index contributed by atoms with van der Waals surface area (Å²) in [5.74, 6) is -0.915. The van der Waals surface area contributed by atoms with E-state index in [1.807, 2.05) is 19.9 Å². The van der Waals surface area contributed by atoms with Gasteiger partial charge in [0.05, 0.1) is 13.2 Å². The Morgan fingerprint density at radius 1 is 0.854 bits per heavy atom. The number of carbonyl (C=O) groups is 1. The van der Waals surface area contributed by atoms with Crippen molar-refractivity contribution in [1.82, 2.24) is 0 Å². The van der Waals surface area contributed by atoms with Crippen LogP contribution in [0.3, 0.4) is 0 Å². The van der Waals surface area contributed by atoms with Crippen LogP contribution in [0, 0.1) is 11.6 Å². The molecule has 0 atom stereocenters. The molecule has 4 rings (SSSR count). The van der Waals surface area contributed by atoms with Gasteiger partial charge in [0, 0.05) is 23.6 Å². The number of aromatic hydroxyl groups is 1. The van der Waals surface area contributed by atoms with E-state index in [1.54, 1.807) is 36.4 Å². The molecule has 0 aliphatic rings. The zero-order chi connectivity index (χ0) is 29.4. The maximum atomic E-state index is 14.9. The van der Waals surface area contributed by atoms with Gasteiger partial charge >= 0.3 is 5.97 Å². The highest BCUT2D eigenvalue weighted by molar-refractivity contribution is 5.91. The first-order valence-corrected chi connectivity index (χ1v) is 13.5. The molecular formula is C33H32F2O6. The summed E-state index contributed by atoms with van der Waals surface area (Å²) in [5.41, 5.74) is 2.68. The van der Waals surface area contributed by atoms with Crippen molar-refractivity contribution in [3.63, 3.8) is 0 Å². The van der Waals surface area contributed by atoms with Crippen LogP contribution < -0.4 is 14.2 Å². The van der Waals surface area contributed by atoms with E-state index in [0.29, 0.717) is 53.9 Å². The van der Waals surface area contributed by atoms with Gasteiger partial charge in [-0.1, -0.05) is 44.5 Å². The molecule has 0 saturated heterocycles. The first-order chi connectivity index (χ1) is 19.8. The molecule has 4 aromatic rings. The molecule has 41 heavy (non-hydrogen) atoms. The fraction of sp³-hybridized carbons (Fsp3) is 0.242. The number of carboxylic acid groups (broad SMARTS) is 1. The molecule has 0 bridgehead atoms. The number of rotatable bonds is 13. The zero-order valence-electron chi connectivity index (χ0n) is 23.0. The monoisotopic (exact) mass is 562 g/mol. The highest BCUT2D eigenvalue weighted by Gasteiger charge is 2.19. The average Bonchev–Trinajstić information content (AvgIpc) is 2.96. The van der Waals surface area contributed by atoms with Crippen LogP contribution in [0.15, 0.2) is 72.8 Å². The summed E-state index contributed by atoms with van der Waals surface area (Å²) >= 11 is 0. The molecular weight excluding hydrogens is 530 g/mol. The number of hydrogen-bond acceptors (Lipinski definition) is 5. The van der Waals surface area contributed by atoms with Gasteiger partial charge in [-0.05, 0) is 66.4 Å². The molecule has 8 heteroatoms. The van der Waals surface area contributed by atoms with Gasteiger partial charge in [-0.2, -0.15) is 0 Å². The van der Waals surface area contributed by atoms with Gasteiger partial charge in [-0.25, -0.2) is 13.6 Å². The molecule has 0 saturated carbocycles. The Morgan fingerprint density at radius 2 is 1.59 bits per heavy atom. The van der Waals surface area contributed by atoms with E-state index in [2.05, 4.69) is 0 Å². The number of carboxylic acids is 1. The number of hydrogen-bond donors (Lipinski definition) is 2. The van der Waals surface area contributed by atoms with Crippen molar-refractivity contribution in [3.05, 3.63) is 101 Å². The standard InChI is InChI=1S/C33H32F2O6/c1-3-8-24-30(41-29-10-6-5-9-25(29)33(37)38)16-15-27(35)32(24)40-18-7-17-39-31-20-28(36)26(19-21(31)4-2)22-11-13-23(34)14-12-22/h5-6,9-16,19-20,36H,3-4,7-8,17-18H2,1-2H3,(H,37,38). The van der Waals surface area contributed by atoms with Crippen LogP contribution in [0.25, 0.3) is 11.1 Å². The molecule has 2 N–H and O–H groups in total. The number of phenols is 1. The van der Waals surface area contributed by atoms with Gasteiger partial charge in [0.2, 0.25) is 0 Å². The molecule has 0 aliphatic heterocycles. The van der Waals surface area contributed by atoms with Gasteiger partial charge in [-0.15, -0.1) is 0 Å². The lowest BCUT2D eigenvalue weighted by Crippen LogP contribution is -2.09. The number of aryl methyl sites for hydroxylation is 1. The van der Waals surface area contributed by atoms with E-state index in [4.69, 9.17) is 14.2 Å². The Labute approximate surface area is 237 Å². The van der Waals surface area contributed by atoms with Crippen molar-refractivity contribution in [1.29, 1.82) is 0 Å². The van der Waals surface area contributed by atoms with E-state index >= 15 is 0 Å². The first kappa shape index (κ1) is 29.4. The third-order valence-corrected chi connectivity index (χ3v) is 6.51. The summed E-state index contributed by atoms with van der Waals surface area (Å²) in [6, 6.07) is 18.3. The number of benzene rings is 4. The molecule has 0 heterocycles. The van der Waals surface area contributed by atoms with Crippen molar-refractivity contribution in [2.75, 3.05) is 13.2 Å². The summed E-state index contributed by atoms with van der Waals surface area (Å²) < 4.78 is 45.9. The minimum absolute atomic E-state index is 0.00192. The molecule has 0 amide bonds. The summed E-state index contributed by atoms with van der Waals surface area (Å²) in [7, 11) is 0. The quantitative estimate of drug-likeness (QED) is 0.160. The van der Waals surface area contributed by atoms with E-state index < -0.39 is 11.8 Å². The van der Waals surface area contributed by atoms with Crippen LogP contribution in [0.1, 0.15) is 48.2 Å². The summed E-state index contributed by atoms with van der Waals surface area (Å²) in [4.78, 5) is 11.6. The molecule has 4 aromatic carbocycles. The Morgan fingerprint density at radius 3 is 2.29 bits per heavy atom. The maximum absolute atomic E-state index is 14.9. The van der Waals surface area contributed by atoms with E-state index in [-0.39, 0.29) is 41.8 Å². The zero-order valence-corrected chi connectivity index (χ0v) is 23.0. The number of halogens is 2. The second kappa shape index (κ2) is 13.7. The Kier molecular flexibility index (Phi) is 9.79. The minimum atomic E-state index is -1.12. The maximum Gasteiger partial charge on any atom is 0.339 e. The van der Waals surface area contributed by atoms with Crippen LogP contribution >= 0.6 is 0 Å². The number of phenolic OH excluding ortho intramolecular Hbond substituents is 1. The van der Waals surface area contributed by atoms with Crippen molar-refractivity contribution >= 4 is 5.97 Å². The van der Waals surface area contributed by atoms with Crippen LogP contribution in [0.4, 0.5) is 8.78 Å². The molecule has 0 fully saturated rings. The largest absolute Gasteiger partial charge is 0.507 e. The summed E-state index contributed by atoms with van der Waals surface area (Å²) in [5, 5.41) is 20.1. The molecule has 0 aromatic heterocycles. The van der Waals surface area contributed by atoms with Gasteiger partial charge in [-0.3, -0.25) is 0 Å². The Bertz CT molecular complexity index is 1500. The third kappa shape index (κ3) is 7.14. The van der Waals surface area contributed by atoms with Gasteiger partial charge in [0.1, 0.15) is 34.4 Å². The smallest absolute Gasteiger partial charge is 0.339 e. The first-order valence-electron chi connectivity index (χ1n) is 13.5. The summed E-state index contributed by atoms with van der Waals surface area (Å²) in [6.07, 6.45) is 2.25. The molecule has 0 spiro atoms. The highest BCUT2D eigenvalue weighted by Crippen LogP contribution is 2.38. The predicted molar refractivity (Wildman–Crippen MR) is 152 cm³/mol. The SMILES string of the molecule is CCCc1c(Oc2ccccc2C(=O)O)ccc(F)c1OCCCOc1cc(O)c(-c2ccc(F)cc2)cc1CC.